The molecule has 0 aromatic rings. The lowest BCUT2D eigenvalue weighted by Gasteiger charge is -2.29. The second kappa shape index (κ2) is 12.7. The van der Waals surface area contributed by atoms with E-state index in [9.17, 15) is 24.0 Å². The average Bonchev–Trinajstić information content (AvgIpc) is 2.68. The van der Waals surface area contributed by atoms with Crippen LogP contribution in [-0.2, 0) is 24.0 Å². The third-order valence-corrected chi connectivity index (χ3v) is 6.21. The van der Waals surface area contributed by atoms with Gasteiger partial charge in [0.1, 0.15) is 6.04 Å². The van der Waals surface area contributed by atoms with Crippen molar-refractivity contribution in [3.8, 4) is 0 Å². The van der Waals surface area contributed by atoms with Crippen molar-refractivity contribution >= 4 is 53.1 Å². The zero-order valence-electron chi connectivity index (χ0n) is 16.7. The van der Waals surface area contributed by atoms with Gasteiger partial charge in [0.05, 0.1) is 6.54 Å². The molecule has 0 aliphatic heterocycles. The quantitative estimate of drug-likeness (QED) is 0.288. The fourth-order valence-corrected chi connectivity index (χ4v) is 3.93. The molecule has 0 aromatic heterocycles. The van der Waals surface area contributed by atoms with Gasteiger partial charge in [0.25, 0.3) is 0 Å². The molecule has 1 aliphatic rings. The number of primary amides is 1. The van der Waals surface area contributed by atoms with Crippen LogP contribution in [0.4, 0.5) is 0 Å². The molecule has 164 valence electrons. The fourth-order valence-electron chi connectivity index (χ4n) is 2.90. The summed E-state index contributed by atoms with van der Waals surface area (Å²) in [6, 6.07) is -0.743. The van der Waals surface area contributed by atoms with E-state index in [1.807, 2.05) is 0 Å². The van der Waals surface area contributed by atoms with Crippen molar-refractivity contribution in [2.75, 3.05) is 18.1 Å². The van der Waals surface area contributed by atoms with Crippen LogP contribution in [0.15, 0.2) is 0 Å². The molecular weight excluding hydrogens is 416 g/mol. The number of nitrogens with one attached hydrogen (secondary N) is 3. The minimum absolute atomic E-state index is 0.0600. The van der Waals surface area contributed by atoms with Gasteiger partial charge < -0.3 is 21.7 Å². The maximum absolute atomic E-state index is 12.3. The molecule has 0 bridgehead atoms. The van der Waals surface area contributed by atoms with Gasteiger partial charge in [-0.1, -0.05) is 18.7 Å². The van der Waals surface area contributed by atoms with Gasteiger partial charge >= 0.3 is 0 Å². The van der Waals surface area contributed by atoms with Crippen LogP contribution in [0.25, 0.3) is 0 Å². The highest BCUT2D eigenvalue weighted by molar-refractivity contribution is 8.13. The van der Waals surface area contributed by atoms with E-state index in [0.717, 1.165) is 11.8 Å². The Hall–Kier alpha value is -1.75. The molecule has 4 amide bonds. The van der Waals surface area contributed by atoms with Crippen LogP contribution >= 0.6 is 24.4 Å². The van der Waals surface area contributed by atoms with E-state index in [4.69, 9.17) is 5.73 Å². The molecule has 1 saturated carbocycles. The molecule has 1 aliphatic carbocycles. The Balaban J connectivity index is 2.32. The maximum Gasteiger partial charge on any atom is 0.243 e. The second-order valence-electron chi connectivity index (χ2n) is 7.20. The number of nitrogens with two attached hydrogens (primary N) is 1. The number of carbonyl (C=O) groups is 5. The minimum Gasteiger partial charge on any atom is -0.369 e. The first-order valence-corrected chi connectivity index (χ1v) is 11.2. The predicted octanol–water partition coefficient (Wildman–Crippen LogP) is -0.407. The first-order valence-electron chi connectivity index (χ1n) is 9.55. The van der Waals surface area contributed by atoms with E-state index >= 15 is 0 Å². The molecule has 0 unspecified atom stereocenters. The number of thiol groups is 1. The Morgan fingerprint density at radius 2 is 1.76 bits per heavy atom. The molecule has 1 rings (SSSR count). The van der Waals surface area contributed by atoms with Crippen molar-refractivity contribution in [1.82, 2.24) is 16.0 Å². The summed E-state index contributed by atoms with van der Waals surface area (Å²) in [7, 11) is 0. The third kappa shape index (κ3) is 9.53. The molecule has 2 atom stereocenters. The highest BCUT2D eigenvalue weighted by Crippen LogP contribution is 2.24. The highest BCUT2D eigenvalue weighted by Gasteiger charge is 2.29. The van der Waals surface area contributed by atoms with Crippen LogP contribution in [0.5, 0.6) is 0 Å². The molecule has 0 radical (unpaired) electrons. The summed E-state index contributed by atoms with van der Waals surface area (Å²) in [6.07, 6.45) is 2.48. The molecule has 0 aromatic carbocycles. The van der Waals surface area contributed by atoms with Gasteiger partial charge in [-0.25, -0.2) is 0 Å². The third-order valence-electron chi connectivity index (χ3n) is 4.71. The summed E-state index contributed by atoms with van der Waals surface area (Å²) in [5.41, 5.74) is 5.15. The fraction of sp³-hybridized carbons (Fsp3) is 0.722. The van der Waals surface area contributed by atoms with Crippen molar-refractivity contribution in [1.29, 1.82) is 0 Å². The summed E-state index contributed by atoms with van der Waals surface area (Å²) in [4.78, 5) is 58.4. The largest absolute Gasteiger partial charge is 0.369 e. The van der Waals surface area contributed by atoms with Crippen molar-refractivity contribution < 1.29 is 24.0 Å². The van der Waals surface area contributed by atoms with E-state index in [1.54, 1.807) is 6.92 Å². The normalized spacial score (nSPS) is 20.8. The van der Waals surface area contributed by atoms with Crippen LogP contribution in [-0.4, -0.2) is 58.9 Å². The molecule has 1 fully saturated rings. The van der Waals surface area contributed by atoms with E-state index in [1.165, 1.54) is 6.92 Å². The molecule has 0 spiro atoms. The zero-order valence-corrected chi connectivity index (χ0v) is 18.4. The van der Waals surface area contributed by atoms with Crippen LogP contribution in [0.1, 0.15) is 39.5 Å². The Labute approximate surface area is 180 Å². The van der Waals surface area contributed by atoms with Crippen molar-refractivity contribution in [3.05, 3.63) is 0 Å². The van der Waals surface area contributed by atoms with Crippen LogP contribution in [0, 0.1) is 11.8 Å². The maximum atomic E-state index is 12.3. The topological polar surface area (TPSA) is 147 Å². The molecule has 9 nitrogen and oxygen atoms in total. The van der Waals surface area contributed by atoms with Crippen molar-refractivity contribution in [2.45, 2.75) is 51.6 Å². The molecule has 11 heteroatoms. The number of amides is 4. The number of thioether (sulfide) groups is 1. The smallest absolute Gasteiger partial charge is 0.243 e. The molecule has 0 heterocycles. The van der Waals surface area contributed by atoms with E-state index in [0.29, 0.717) is 31.4 Å². The highest BCUT2D eigenvalue weighted by atomic mass is 32.2. The lowest BCUT2D eigenvalue weighted by molar-refractivity contribution is -0.129. The Bertz CT molecular complexity index is 623. The summed E-state index contributed by atoms with van der Waals surface area (Å²) in [6.45, 7) is 2.90. The van der Waals surface area contributed by atoms with Gasteiger partial charge in [-0.2, -0.15) is 12.6 Å². The average molecular weight is 447 g/mol. The summed E-state index contributed by atoms with van der Waals surface area (Å²) >= 11 is 5.06. The lowest BCUT2D eigenvalue weighted by atomic mass is 9.85. The van der Waals surface area contributed by atoms with Gasteiger partial charge in [0.15, 0.2) is 0 Å². The van der Waals surface area contributed by atoms with Crippen LogP contribution in [0.2, 0.25) is 0 Å². The summed E-state index contributed by atoms with van der Waals surface area (Å²) in [5.74, 6) is -1.34. The number of carbonyl (C=O) groups excluding carboxylic acids is 5. The standard InChI is InChI=1S/C18H30N4O5S2/c1-10(16(19)25)9-29-15(24)7-20-17(26)12-3-5-13(6-4-12)22-18(27)14(8-28)21-11(2)23/h10,12-14,28H,3-9H2,1-2H3,(H2,19,25)(H,20,26)(H,21,23)(H,22,27)/t10-,12?,13?,14-/m0/s1. The second-order valence-corrected chi connectivity index (χ2v) is 8.64. The van der Waals surface area contributed by atoms with Gasteiger partial charge in [0.2, 0.25) is 28.7 Å². The number of hydrogen-bond donors (Lipinski definition) is 5. The van der Waals surface area contributed by atoms with Crippen LogP contribution in [0.3, 0.4) is 0 Å². The monoisotopic (exact) mass is 446 g/mol. The van der Waals surface area contributed by atoms with Crippen LogP contribution < -0.4 is 21.7 Å². The number of hydrogen-bond acceptors (Lipinski definition) is 7. The van der Waals surface area contributed by atoms with Gasteiger partial charge in [0, 0.05) is 36.3 Å². The molecule has 5 N–H and O–H groups in total. The Kier molecular flexibility index (Phi) is 11.1. The summed E-state index contributed by atoms with van der Waals surface area (Å²) in [5, 5.41) is 7.86. The Morgan fingerprint density at radius 1 is 1.14 bits per heavy atom. The molecular formula is C18H30N4O5S2. The summed E-state index contributed by atoms with van der Waals surface area (Å²) < 4.78 is 0. The first-order chi connectivity index (χ1) is 13.6. The number of rotatable bonds is 10. The van der Waals surface area contributed by atoms with E-state index in [2.05, 4.69) is 28.6 Å². The lowest BCUT2D eigenvalue weighted by Crippen LogP contribution is -2.51. The SMILES string of the molecule is CC(=O)N[C@@H](CS)C(=O)NC1CCC(C(=O)NCC(=O)SC[C@H](C)C(N)=O)CC1. The molecule has 29 heavy (non-hydrogen) atoms. The minimum atomic E-state index is -0.683. The van der Waals surface area contributed by atoms with Crippen molar-refractivity contribution in [3.63, 3.8) is 0 Å². The van der Waals surface area contributed by atoms with Gasteiger partial charge in [-0.05, 0) is 25.7 Å². The first kappa shape index (κ1) is 25.3. The van der Waals surface area contributed by atoms with E-state index < -0.39 is 17.9 Å². The predicted molar refractivity (Wildman–Crippen MR) is 114 cm³/mol. The molecule has 0 saturated heterocycles. The van der Waals surface area contributed by atoms with E-state index in [-0.39, 0.29) is 47.1 Å². The van der Waals surface area contributed by atoms with Gasteiger partial charge in [-0.15, -0.1) is 0 Å². The van der Waals surface area contributed by atoms with Gasteiger partial charge in [-0.3, -0.25) is 24.0 Å². The zero-order chi connectivity index (χ0) is 22.0. The Morgan fingerprint density at radius 3 is 2.28 bits per heavy atom. The van der Waals surface area contributed by atoms with Crippen molar-refractivity contribution in [2.24, 2.45) is 17.6 Å².